The second-order valence-corrected chi connectivity index (χ2v) is 2.32. The summed E-state index contributed by atoms with van der Waals surface area (Å²) in [6.07, 6.45) is 1.69. The highest BCUT2D eigenvalue weighted by Gasteiger charge is 2.04. The third kappa shape index (κ3) is 2.21. The van der Waals surface area contributed by atoms with Crippen molar-refractivity contribution in [2.45, 2.75) is 0 Å². The van der Waals surface area contributed by atoms with Crippen LogP contribution in [-0.2, 0) is 9.47 Å². The molecule has 0 aliphatic rings. The lowest BCUT2D eigenvalue weighted by Gasteiger charge is -2.19. The van der Waals surface area contributed by atoms with E-state index in [9.17, 15) is 0 Å². The lowest BCUT2D eigenvalue weighted by molar-refractivity contribution is 0.139. The van der Waals surface area contributed by atoms with Gasteiger partial charge in [-0.25, -0.2) is 0 Å². The smallest absolute Gasteiger partial charge is 0.127 e. The molecule has 1 heterocycles. The summed E-state index contributed by atoms with van der Waals surface area (Å²) >= 11 is 0. The molecule has 68 valence electrons. The van der Waals surface area contributed by atoms with Crippen LogP contribution in [0.15, 0.2) is 12.3 Å². The third-order valence-corrected chi connectivity index (χ3v) is 1.40. The van der Waals surface area contributed by atoms with Crippen molar-refractivity contribution in [2.24, 2.45) is 0 Å². The molecule has 0 aliphatic heterocycles. The second kappa shape index (κ2) is 4.74. The highest BCUT2D eigenvalue weighted by molar-refractivity contribution is 5.34. The van der Waals surface area contributed by atoms with Gasteiger partial charge in [0.15, 0.2) is 0 Å². The minimum absolute atomic E-state index is 0.482. The Kier molecular flexibility index (Phi) is 3.56. The summed E-state index contributed by atoms with van der Waals surface area (Å²) in [5.41, 5.74) is 0. The van der Waals surface area contributed by atoms with E-state index in [1.54, 1.807) is 20.4 Å². The quantitative estimate of drug-likeness (QED) is 0.652. The summed E-state index contributed by atoms with van der Waals surface area (Å²) in [6.45, 7) is 0.964. The molecule has 0 spiro atoms. The largest absolute Gasteiger partial charge is 0.364 e. The Morgan fingerprint density at radius 3 is 2.50 bits per heavy atom. The molecule has 0 fully saturated rings. The molecular weight excluding hydrogens is 158 g/mol. The van der Waals surface area contributed by atoms with Crippen LogP contribution in [0, 0.1) is 0 Å². The number of nitrogens with one attached hydrogen (secondary N) is 1. The van der Waals surface area contributed by atoms with Crippen LogP contribution in [0.25, 0.3) is 0 Å². The van der Waals surface area contributed by atoms with Crippen LogP contribution in [-0.4, -0.2) is 37.9 Å². The summed E-state index contributed by atoms with van der Waals surface area (Å²) in [5.74, 6) is 0.888. The lowest BCUT2D eigenvalue weighted by atomic mass is 10.6. The van der Waals surface area contributed by atoms with Gasteiger partial charge >= 0.3 is 0 Å². The molecule has 0 aromatic carbocycles. The van der Waals surface area contributed by atoms with E-state index in [1.807, 2.05) is 11.0 Å². The average Bonchev–Trinajstić information content (AvgIpc) is 2.56. The highest BCUT2D eigenvalue weighted by atomic mass is 16.5. The summed E-state index contributed by atoms with van der Waals surface area (Å²) in [6, 6.07) is 1.86. The molecule has 5 heteroatoms. The molecule has 0 unspecified atom stereocenters. The Morgan fingerprint density at radius 1 is 1.42 bits per heavy atom. The normalized spacial score (nSPS) is 10.2. The van der Waals surface area contributed by atoms with E-state index in [1.165, 1.54) is 0 Å². The first-order valence-electron chi connectivity index (χ1n) is 3.60. The van der Waals surface area contributed by atoms with Crippen molar-refractivity contribution in [2.75, 3.05) is 32.6 Å². The molecule has 1 aromatic heterocycles. The zero-order valence-corrected chi connectivity index (χ0v) is 7.28. The van der Waals surface area contributed by atoms with Crippen LogP contribution in [0.4, 0.5) is 5.82 Å². The predicted octanol–water partition coefficient (Wildman–Crippen LogP) is 0.424. The fourth-order valence-electron chi connectivity index (χ4n) is 0.913. The van der Waals surface area contributed by atoms with Gasteiger partial charge < -0.3 is 14.4 Å². The van der Waals surface area contributed by atoms with E-state index in [0.717, 1.165) is 5.82 Å². The number of hydrogen-bond acceptors (Lipinski definition) is 4. The van der Waals surface area contributed by atoms with E-state index in [-0.39, 0.29) is 0 Å². The fourth-order valence-corrected chi connectivity index (χ4v) is 0.913. The maximum atomic E-state index is 4.98. The van der Waals surface area contributed by atoms with Gasteiger partial charge in [-0.2, -0.15) is 5.10 Å². The van der Waals surface area contributed by atoms with Crippen molar-refractivity contribution >= 4 is 5.82 Å². The van der Waals surface area contributed by atoms with E-state index < -0.39 is 0 Å². The van der Waals surface area contributed by atoms with Crippen molar-refractivity contribution < 1.29 is 9.47 Å². The number of aromatic nitrogens is 2. The Labute approximate surface area is 71.3 Å². The Hall–Kier alpha value is -1.07. The molecule has 0 atom stereocenters. The van der Waals surface area contributed by atoms with Gasteiger partial charge in [-0.1, -0.05) is 0 Å². The molecule has 5 nitrogen and oxygen atoms in total. The van der Waals surface area contributed by atoms with Crippen molar-refractivity contribution in [1.29, 1.82) is 0 Å². The topological polar surface area (TPSA) is 50.4 Å². The molecule has 0 aliphatic carbocycles. The number of H-pyrrole nitrogens is 1. The number of hydrogen-bond donors (Lipinski definition) is 1. The zero-order valence-electron chi connectivity index (χ0n) is 7.28. The highest BCUT2D eigenvalue weighted by Crippen LogP contribution is 2.07. The van der Waals surface area contributed by atoms with E-state index >= 15 is 0 Å². The third-order valence-electron chi connectivity index (χ3n) is 1.40. The molecule has 1 rings (SSSR count). The maximum absolute atomic E-state index is 4.98. The Bertz CT molecular complexity index is 194. The van der Waals surface area contributed by atoms with Crippen molar-refractivity contribution in [3.05, 3.63) is 12.3 Å². The SMILES string of the molecule is COCN(COC)c1ccn[nH]1. The van der Waals surface area contributed by atoms with Crippen molar-refractivity contribution in [3.8, 4) is 0 Å². The number of nitrogens with zero attached hydrogens (tertiary/aromatic N) is 2. The van der Waals surface area contributed by atoms with E-state index in [4.69, 9.17) is 9.47 Å². The van der Waals surface area contributed by atoms with Gasteiger partial charge in [0, 0.05) is 20.3 Å². The maximum Gasteiger partial charge on any atom is 0.127 e. The van der Waals surface area contributed by atoms with Crippen LogP contribution in [0.1, 0.15) is 0 Å². The molecule has 0 radical (unpaired) electrons. The summed E-state index contributed by atoms with van der Waals surface area (Å²) in [4.78, 5) is 1.88. The van der Waals surface area contributed by atoms with Crippen LogP contribution in [0.2, 0.25) is 0 Å². The zero-order chi connectivity index (χ0) is 8.81. The second-order valence-electron chi connectivity index (χ2n) is 2.32. The molecule has 0 saturated carbocycles. The van der Waals surface area contributed by atoms with Gasteiger partial charge in [0.1, 0.15) is 19.3 Å². The number of anilines is 1. The lowest BCUT2D eigenvalue weighted by Crippen LogP contribution is -2.27. The number of ether oxygens (including phenoxy) is 2. The Balaban J connectivity index is 2.53. The first-order chi connectivity index (χ1) is 5.88. The van der Waals surface area contributed by atoms with Crippen LogP contribution in [0.5, 0.6) is 0 Å². The van der Waals surface area contributed by atoms with Gasteiger partial charge in [-0.05, 0) is 0 Å². The first kappa shape index (κ1) is 9.02. The summed E-state index contributed by atoms with van der Waals surface area (Å²) < 4.78 is 9.96. The molecule has 1 aromatic rings. The summed E-state index contributed by atoms with van der Waals surface area (Å²) in [5, 5.41) is 6.65. The fraction of sp³-hybridized carbons (Fsp3) is 0.571. The molecule has 1 N–H and O–H groups in total. The Morgan fingerprint density at radius 2 is 2.08 bits per heavy atom. The minimum atomic E-state index is 0.482. The average molecular weight is 171 g/mol. The standard InChI is InChI=1S/C7H13N3O2/c1-11-5-10(6-12-2)7-3-4-8-9-7/h3-4H,5-6H2,1-2H3,(H,8,9). The first-order valence-corrected chi connectivity index (χ1v) is 3.60. The minimum Gasteiger partial charge on any atom is -0.364 e. The summed E-state index contributed by atoms with van der Waals surface area (Å²) in [7, 11) is 3.28. The van der Waals surface area contributed by atoms with Crippen LogP contribution >= 0.6 is 0 Å². The number of rotatable bonds is 5. The van der Waals surface area contributed by atoms with Crippen LogP contribution < -0.4 is 4.90 Å². The molecule has 0 saturated heterocycles. The molecule has 0 amide bonds. The monoisotopic (exact) mass is 171 g/mol. The van der Waals surface area contributed by atoms with Crippen molar-refractivity contribution in [3.63, 3.8) is 0 Å². The molecule has 12 heavy (non-hydrogen) atoms. The number of methoxy groups -OCH3 is 2. The van der Waals surface area contributed by atoms with Gasteiger partial charge in [0.25, 0.3) is 0 Å². The van der Waals surface area contributed by atoms with E-state index in [2.05, 4.69) is 10.2 Å². The molecular formula is C7H13N3O2. The van der Waals surface area contributed by atoms with Crippen LogP contribution in [0.3, 0.4) is 0 Å². The van der Waals surface area contributed by atoms with Gasteiger partial charge in [0.05, 0.1) is 6.20 Å². The number of aromatic amines is 1. The van der Waals surface area contributed by atoms with Gasteiger partial charge in [-0.3, -0.25) is 5.10 Å². The van der Waals surface area contributed by atoms with Gasteiger partial charge in [0.2, 0.25) is 0 Å². The predicted molar refractivity (Wildman–Crippen MR) is 44.8 cm³/mol. The van der Waals surface area contributed by atoms with Gasteiger partial charge in [-0.15, -0.1) is 0 Å². The van der Waals surface area contributed by atoms with Crippen molar-refractivity contribution in [1.82, 2.24) is 10.2 Å². The molecule has 0 bridgehead atoms. The van der Waals surface area contributed by atoms with E-state index in [0.29, 0.717) is 13.5 Å².